The molecule has 3 nitrogen and oxygen atoms in total. The van der Waals surface area contributed by atoms with E-state index in [-0.39, 0.29) is 18.8 Å². The molecule has 0 saturated carbocycles. The van der Waals surface area contributed by atoms with Crippen LogP contribution in [-0.4, -0.2) is 37.1 Å². The molecule has 1 N–H and O–H groups in total. The van der Waals surface area contributed by atoms with Crippen molar-refractivity contribution in [3.63, 3.8) is 0 Å². The minimum atomic E-state index is -0.0159. The van der Waals surface area contributed by atoms with E-state index in [0.717, 1.165) is 0 Å². The summed E-state index contributed by atoms with van der Waals surface area (Å²) in [6, 6.07) is 0. The van der Waals surface area contributed by atoms with Crippen LogP contribution in [0.25, 0.3) is 0 Å². The van der Waals surface area contributed by atoms with Gasteiger partial charge in [-0.2, -0.15) is 0 Å². The minimum absolute atomic E-state index is 0.0159. The van der Waals surface area contributed by atoms with Crippen LogP contribution < -0.4 is 0 Å². The van der Waals surface area contributed by atoms with E-state index in [0.29, 0.717) is 13.2 Å². The fraction of sp³-hybridized carbons (Fsp3) is 0.714. The molecule has 0 aromatic rings. The number of hydrogen-bond acceptors (Lipinski definition) is 3. The molecule has 10 heavy (non-hydrogen) atoms. The third kappa shape index (κ3) is 1.99. The fourth-order valence-electron chi connectivity index (χ4n) is 0.720. The van der Waals surface area contributed by atoms with Crippen LogP contribution in [0.3, 0.4) is 0 Å². The van der Waals surface area contributed by atoms with Gasteiger partial charge in [0.2, 0.25) is 0 Å². The summed E-state index contributed by atoms with van der Waals surface area (Å²) in [6.45, 7) is 0.886. The Morgan fingerprint density at radius 1 is 1.60 bits per heavy atom. The summed E-state index contributed by atoms with van der Waals surface area (Å²) in [6.07, 6.45) is 4.99. The molecule has 1 aliphatic rings. The van der Waals surface area contributed by atoms with Crippen molar-refractivity contribution in [1.29, 1.82) is 0 Å². The molecule has 0 aromatic heterocycles. The second-order valence-electron chi connectivity index (χ2n) is 2.11. The summed E-state index contributed by atoms with van der Waals surface area (Å²) in [4.78, 5) is 0. The van der Waals surface area contributed by atoms with Gasteiger partial charge in [-0.25, -0.2) is 0 Å². The average Bonchev–Trinajstić information content (AvgIpc) is 2.68. The maximum Gasteiger partial charge on any atom is 0.110 e. The Labute approximate surface area is 59.9 Å². The first-order chi connectivity index (χ1) is 4.88. The van der Waals surface area contributed by atoms with E-state index in [4.69, 9.17) is 21.0 Å². The van der Waals surface area contributed by atoms with Gasteiger partial charge < -0.3 is 14.6 Å². The van der Waals surface area contributed by atoms with Crippen molar-refractivity contribution >= 4 is 0 Å². The second kappa shape index (κ2) is 3.57. The highest BCUT2D eigenvalue weighted by Gasteiger charge is 2.37. The molecule has 0 unspecified atom stereocenters. The fourth-order valence-corrected chi connectivity index (χ4v) is 0.720. The third-order valence-electron chi connectivity index (χ3n) is 1.34. The normalized spacial score (nSPS) is 29.6. The Hall–Kier alpha value is -0.560. The van der Waals surface area contributed by atoms with Gasteiger partial charge >= 0.3 is 0 Å². The van der Waals surface area contributed by atoms with Crippen molar-refractivity contribution in [1.82, 2.24) is 0 Å². The average molecular weight is 142 g/mol. The first-order valence-corrected chi connectivity index (χ1v) is 3.16. The Bertz CT molecular complexity index is 138. The van der Waals surface area contributed by atoms with Crippen LogP contribution in [-0.2, 0) is 9.47 Å². The molecular formula is C7H10O3. The van der Waals surface area contributed by atoms with Gasteiger partial charge in [0.25, 0.3) is 0 Å². The summed E-state index contributed by atoms with van der Waals surface area (Å²) < 4.78 is 9.94. The standard InChI is InChI=1S/C7H10O3/c1-2-3-9-5-7-6(4-8)10-7/h1,6-8H,3-5H2/t6-,7-/m0/s1. The summed E-state index contributed by atoms with van der Waals surface area (Å²) >= 11 is 0. The van der Waals surface area contributed by atoms with Crippen molar-refractivity contribution in [2.24, 2.45) is 0 Å². The maximum absolute atomic E-state index is 8.51. The Balaban J connectivity index is 1.93. The molecule has 0 amide bonds. The number of aliphatic hydroxyl groups excluding tert-OH is 1. The van der Waals surface area contributed by atoms with Crippen molar-refractivity contribution in [2.45, 2.75) is 12.2 Å². The van der Waals surface area contributed by atoms with Crippen LogP contribution in [0.1, 0.15) is 0 Å². The monoisotopic (exact) mass is 142 g/mol. The van der Waals surface area contributed by atoms with Gasteiger partial charge in [0.05, 0.1) is 13.2 Å². The molecule has 0 bridgehead atoms. The topological polar surface area (TPSA) is 42.0 Å². The lowest BCUT2D eigenvalue weighted by Gasteiger charge is -1.92. The predicted molar refractivity (Wildman–Crippen MR) is 35.4 cm³/mol. The van der Waals surface area contributed by atoms with Gasteiger partial charge in [-0.1, -0.05) is 5.92 Å². The van der Waals surface area contributed by atoms with Gasteiger partial charge in [-0.15, -0.1) is 6.42 Å². The van der Waals surface area contributed by atoms with Crippen LogP contribution in [0.2, 0.25) is 0 Å². The minimum Gasteiger partial charge on any atom is -0.394 e. The van der Waals surface area contributed by atoms with Crippen molar-refractivity contribution in [3.8, 4) is 12.3 Å². The molecule has 0 spiro atoms. The maximum atomic E-state index is 8.51. The van der Waals surface area contributed by atoms with Crippen LogP contribution >= 0.6 is 0 Å². The molecule has 56 valence electrons. The number of rotatable bonds is 4. The van der Waals surface area contributed by atoms with E-state index in [1.807, 2.05) is 0 Å². The highest BCUT2D eigenvalue weighted by molar-refractivity contribution is 4.86. The van der Waals surface area contributed by atoms with E-state index in [1.54, 1.807) is 0 Å². The smallest absolute Gasteiger partial charge is 0.110 e. The number of hydrogen-bond donors (Lipinski definition) is 1. The lowest BCUT2D eigenvalue weighted by Crippen LogP contribution is -2.07. The Kier molecular flexibility index (Phi) is 2.69. The molecule has 1 rings (SSSR count). The van der Waals surface area contributed by atoms with Crippen LogP contribution in [0, 0.1) is 12.3 Å². The molecule has 1 heterocycles. The summed E-state index contributed by atoms with van der Waals surface area (Å²) in [5.41, 5.74) is 0. The number of aliphatic hydroxyl groups is 1. The van der Waals surface area contributed by atoms with Crippen molar-refractivity contribution in [3.05, 3.63) is 0 Å². The SMILES string of the molecule is C#CCOC[C@@H]1O[C@H]1CO. The molecule has 1 saturated heterocycles. The van der Waals surface area contributed by atoms with Crippen LogP contribution in [0.15, 0.2) is 0 Å². The molecule has 2 atom stereocenters. The predicted octanol–water partition coefficient (Wildman–Crippen LogP) is -0.604. The first-order valence-electron chi connectivity index (χ1n) is 3.16. The van der Waals surface area contributed by atoms with Gasteiger partial charge in [-0.05, 0) is 0 Å². The van der Waals surface area contributed by atoms with E-state index in [2.05, 4.69) is 5.92 Å². The van der Waals surface area contributed by atoms with Gasteiger partial charge in [0.1, 0.15) is 18.8 Å². The number of ether oxygens (including phenoxy) is 2. The molecule has 3 heteroatoms. The lowest BCUT2D eigenvalue weighted by atomic mass is 10.3. The van der Waals surface area contributed by atoms with Gasteiger partial charge in [0.15, 0.2) is 0 Å². The van der Waals surface area contributed by atoms with Gasteiger partial charge in [-0.3, -0.25) is 0 Å². The molecule has 1 aliphatic heterocycles. The van der Waals surface area contributed by atoms with E-state index in [1.165, 1.54) is 0 Å². The summed E-state index contributed by atoms with van der Waals surface area (Å²) in [7, 11) is 0. The van der Waals surface area contributed by atoms with E-state index in [9.17, 15) is 0 Å². The zero-order valence-electron chi connectivity index (χ0n) is 5.62. The molecule has 0 radical (unpaired) electrons. The second-order valence-corrected chi connectivity index (χ2v) is 2.11. The van der Waals surface area contributed by atoms with Crippen LogP contribution in [0.4, 0.5) is 0 Å². The number of terminal acetylenes is 1. The lowest BCUT2D eigenvalue weighted by molar-refractivity contribution is 0.145. The van der Waals surface area contributed by atoms with Crippen LogP contribution in [0.5, 0.6) is 0 Å². The Morgan fingerprint density at radius 3 is 2.90 bits per heavy atom. The molecule has 0 aliphatic carbocycles. The zero-order valence-corrected chi connectivity index (χ0v) is 5.62. The third-order valence-corrected chi connectivity index (χ3v) is 1.34. The summed E-state index contributed by atoms with van der Waals surface area (Å²) in [5, 5.41) is 8.51. The summed E-state index contributed by atoms with van der Waals surface area (Å²) in [5.74, 6) is 2.34. The quantitative estimate of drug-likeness (QED) is 0.323. The first kappa shape index (κ1) is 7.55. The molecule has 0 aromatic carbocycles. The Morgan fingerprint density at radius 2 is 2.40 bits per heavy atom. The van der Waals surface area contributed by atoms with Gasteiger partial charge in [0, 0.05) is 0 Å². The zero-order chi connectivity index (χ0) is 7.40. The van der Waals surface area contributed by atoms with Crippen molar-refractivity contribution < 1.29 is 14.6 Å². The number of epoxide rings is 1. The molecule has 1 fully saturated rings. The van der Waals surface area contributed by atoms with Crippen molar-refractivity contribution in [2.75, 3.05) is 19.8 Å². The largest absolute Gasteiger partial charge is 0.394 e. The van der Waals surface area contributed by atoms with E-state index < -0.39 is 0 Å². The highest BCUT2D eigenvalue weighted by atomic mass is 16.6. The van der Waals surface area contributed by atoms with E-state index >= 15 is 0 Å². The highest BCUT2D eigenvalue weighted by Crippen LogP contribution is 2.20. The molecular weight excluding hydrogens is 132 g/mol.